The van der Waals surface area contributed by atoms with Crippen LogP contribution in [0.15, 0.2) is 53.1 Å². The molecule has 0 N–H and O–H groups in total. The topological polar surface area (TPSA) is 122 Å². The van der Waals surface area contributed by atoms with E-state index in [1.54, 1.807) is 14.2 Å². The van der Waals surface area contributed by atoms with Gasteiger partial charge in [-0.25, -0.2) is 0 Å². The fourth-order valence-electron chi connectivity index (χ4n) is 11.1. The van der Waals surface area contributed by atoms with Crippen molar-refractivity contribution in [1.29, 1.82) is 0 Å². The van der Waals surface area contributed by atoms with Crippen molar-refractivity contribution in [2.75, 3.05) is 34.0 Å². The maximum absolute atomic E-state index is 13.3. The molecule has 1 saturated carbocycles. The van der Waals surface area contributed by atoms with Crippen LogP contribution in [0.25, 0.3) is 0 Å². The standard InChI is InChI=1S/C45H66O12Si/c1-26(2)30-17-19-42(5)21-32-31(18-20-44(32,25-48-8)57-58(9,10)11)27(3)36(51-28(4)46)37(35(30)42)53-40-38(50-22-29-15-13-12-14-16-29)39-45(34(52-40)23-47-7)55-41(54-39)43(6,56-45)33-24-49-33/h12-16,21,26-27,31,33-34,36-41H,17-20,22-25H2,1-11H3/b32-21+/t27-,31+,33+,34-,36-,37-,38?,39?,40-,41?,42-,43?,44+,45?/m1/s1. The number of benzene rings is 1. The van der Waals surface area contributed by atoms with Crippen LogP contribution in [-0.2, 0) is 63.2 Å². The summed E-state index contributed by atoms with van der Waals surface area (Å²) in [5.41, 5.74) is 2.85. The van der Waals surface area contributed by atoms with Gasteiger partial charge in [-0.05, 0) is 80.8 Å². The van der Waals surface area contributed by atoms with Gasteiger partial charge in [0.2, 0.25) is 5.79 Å². The highest BCUT2D eigenvalue weighted by Crippen LogP contribution is 2.60. The SMILES string of the molecule is COC[C@H]1O[C@H](O[C@@H]2C3=C(C(C)C)CC[C@]3(C)/C=C3\[C@@H](CC[C@@]3(COC)O[Si](C)(C)C)[C@@H](C)[C@H]2OC(C)=O)C(OCc2ccccc2)C2OC3OC21OC3(C)[C@@H]1CO1. The van der Waals surface area contributed by atoms with Crippen LogP contribution in [-0.4, -0.2) is 115 Å². The molecule has 1 aromatic rings. The lowest BCUT2D eigenvalue weighted by molar-refractivity contribution is -0.391. The third-order valence-corrected chi connectivity index (χ3v) is 14.7. The smallest absolute Gasteiger partial charge is 0.303 e. The van der Waals surface area contributed by atoms with E-state index in [0.29, 0.717) is 13.2 Å². The molecule has 7 aliphatic rings. The van der Waals surface area contributed by atoms with E-state index < -0.39 is 73.8 Å². The van der Waals surface area contributed by atoms with Crippen molar-refractivity contribution in [1.82, 2.24) is 0 Å². The molecule has 2 bridgehead atoms. The number of carbonyl (C=O) groups is 1. The predicted molar refractivity (Wildman–Crippen MR) is 216 cm³/mol. The van der Waals surface area contributed by atoms with Crippen LogP contribution < -0.4 is 0 Å². The predicted octanol–water partition coefficient (Wildman–Crippen LogP) is 6.86. The van der Waals surface area contributed by atoms with E-state index in [4.69, 9.17) is 51.8 Å². The van der Waals surface area contributed by atoms with Gasteiger partial charge in [0.25, 0.3) is 0 Å². The molecule has 5 fully saturated rings. The van der Waals surface area contributed by atoms with Crippen molar-refractivity contribution in [3.05, 3.63) is 58.7 Å². The van der Waals surface area contributed by atoms with E-state index in [-0.39, 0.29) is 43.0 Å². The van der Waals surface area contributed by atoms with Crippen molar-refractivity contribution < 1.29 is 56.6 Å². The Balaban J connectivity index is 1.24. The maximum atomic E-state index is 13.3. The van der Waals surface area contributed by atoms with Gasteiger partial charge in [0.05, 0.1) is 26.4 Å². The lowest BCUT2D eigenvalue weighted by Crippen LogP contribution is -2.70. The Bertz CT molecular complexity index is 1740. The monoisotopic (exact) mass is 826 g/mol. The molecule has 1 spiro atoms. The van der Waals surface area contributed by atoms with Gasteiger partial charge in [-0.1, -0.05) is 69.7 Å². The highest BCUT2D eigenvalue weighted by molar-refractivity contribution is 6.69. The van der Waals surface area contributed by atoms with Crippen molar-refractivity contribution in [3.8, 4) is 0 Å². The quantitative estimate of drug-likeness (QED) is 0.0844. The average molecular weight is 827 g/mol. The third kappa shape index (κ3) is 7.41. The maximum Gasteiger partial charge on any atom is 0.303 e. The summed E-state index contributed by atoms with van der Waals surface area (Å²) in [5, 5.41) is 0. The summed E-state index contributed by atoms with van der Waals surface area (Å²) in [6.07, 6.45) is 0.514. The highest BCUT2D eigenvalue weighted by Gasteiger charge is 2.77. The minimum absolute atomic E-state index is 0.0587. The van der Waals surface area contributed by atoms with Crippen molar-refractivity contribution in [2.24, 2.45) is 23.2 Å². The van der Waals surface area contributed by atoms with Crippen LogP contribution in [0.5, 0.6) is 0 Å². The third-order valence-electron chi connectivity index (χ3n) is 13.7. The number of allylic oxidation sites excluding steroid dienone is 2. The summed E-state index contributed by atoms with van der Waals surface area (Å²) >= 11 is 0. The molecule has 12 nitrogen and oxygen atoms in total. The fourth-order valence-corrected chi connectivity index (χ4v) is 12.6. The molecule has 5 unspecified atom stereocenters. The van der Waals surface area contributed by atoms with Crippen LogP contribution >= 0.6 is 0 Å². The number of epoxide rings is 1. The zero-order valence-corrected chi connectivity index (χ0v) is 37.4. The molecule has 13 heteroatoms. The summed E-state index contributed by atoms with van der Waals surface area (Å²) in [6, 6.07) is 10.0. The largest absolute Gasteiger partial charge is 0.459 e. The van der Waals surface area contributed by atoms with Gasteiger partial charge >= 0.3 is 5.97 Å². The van der Waals surface area contributed by atoms with Gasteiger partial charge in [-0.2, -0.15) is 0 Å². The Kier molecular flexibility index (Phi) is 11.6. The number of hydrogen-bond donors (Lipinski definition) is 0. The molecule has 3 aliphatic carbocycles. The molecule has 1 aromatic carbocycles. The van der Waals surface area contributed by atoms with Crippen molar-refractivity contribution in [3.63, 3.8) is 0 Å². The lowest BCUT2D eigenvalue weighted by atomic mass is 9.68. The zero-order valence-electron chi connectivity index (χ0n) is 36.4. The second-order valence-corrected chi connectivity index (χ2v) is 23.9. The van der Waals surface area contributed by atoms with Crippen molar-refractivity contribution in [2.45, 2.75) is 160 Å². The van der Waals surface area contributed by atoms with Gasteiger partial charge in [-0.3, -0.25) is 4.79 Å². The van der Waals surface area contributed by atoms with Crippen LogP contribution in [0.1, 0.15) is 72.8 Å². The Labute approximate surface area is 345 Å². The van der Waals surface area contributed by atoms with Gasteiger partial charge < -0.3 is 51.8 Å². The van der Waals surface area contributed by atoms with Crippen molar-refractivity contribution >= 4 is 14.3 Å². The first-order valence-electron chi connectivity index (χ1n) is 21.4. The van der Waals surface area contributed by atoms with E-state index in [2.05, 4.69) is 53.4 Å². The normalized spacial score (nSPS) is 44.0. The van der Waals surface area contributed by atoms with Gasteiger partial charge in [0.15, 0.2) is 20.9 Å². The molecular formula is C45H66O12Si. The molecule has 4 saturated heterocycles. The number of methoxy groups -OCH3 is 2. The summed E-state index contributed by atoms with van der Waals surface area (Å²) < 4.78 is 73.1. The van der Waals surface area contributed by atoms with E-state index in [1.807, 2.05) is 37.3 Å². The van der Waals surface area contributed by atoms with Gasteiger partial charge in [0.1, 0.15) is 47.8 Å². The zero-order chi connectivity index (χ0) is 41.4. The Hall–Kier alpha value is -2.01. The number of hydrogen-bond acceptors (Lipinski definition) is 12. The highest BCUT2D eigenvalue weighted by atomic mass is 28.4. The first kappa shape index (κ1) is 42.7. The molecule has 322 valence electrons. The van der Waals surface area contributed by atoms with Crippen LogP contribution in [0.4, 0.5) is 0 Å². The molecule has 58 heavy (non-hydrogen) atoms. The Morgan fingerprint density at radius 1 is 1.02 bits per heavy atom. The lowest BCUT2D eigenvalue weighted by Gasteiger charge is -2.52. The van der Waals surface area contributed by atoms with E-state index in [0.717, 1.165) is 36.8 Å². The molecule has 4 aliphatic heterocycles. The summed E-state index contributed by atoms with van der Waals surface area (Å²) in [4.78, 5) is 13.3. The number of carbonyl (C=O) groups excluding carboxylic acids is 1. The number of esters is 1. The first-order chi connectivity index (χ1) is 27.5. The van der Waals surface area contributed by atoms with Gasteiger partial charge in [0, 0.05) is 32.5 Å². The van der Waals surface area contributed by atoms with E-state index >= 15 is 0 Å². The molecule has 0 radical (unpaired) electrons. The number of rotatable bonds is 14. The summed E-state index contributed by atoms with van der Waals surface area (Å²) in [7, 11) is 1.35. The van der Waals surface area contributed by atoms with Gasteiger partial charge in [-0.15, -0.1) is 0 Å². The summed E-state index contributed by atoms with van der Waals surface area (Å²) in [6.45, 7) is 20.6. The minimum atomic E-state index is -2.04. The van der Waals surface area contributed by atoms with E-state index in [9.17, 15) is 4.79 Å². The first-order valence-corrected chi connectivity index (χ1v) is 24.8. The molecule has 8 rings (SSSR count). The van der Waals surface area contributed by atoms with Crippen LogP contribution in [0.2, 0.25) is 19.6 Å². The van der Waals surface area contributed by atoms with Crippen LogP contribution in [0.3, 0.4) is 0 Å². The number of ether oxygens (including phenoxy) is 10. The molecule has 14 atom stereocenters. The Morgan fingerprint density at radius 3 is 2.40 bits per heavy atom. The molecular weight excluding hydrogens is 761 g/mol. The van der Waals surface area contributed by atoms with E-state index in [1.165, 1.54) is 18.1 Å². The minimum Gasteiger partial charge on any atom is -0.459 e. The molecule has 4 heterocycles. The average Bonchev–Trinajstić information content (AvgIpc) is 3.66. The summed E-state index contributed by atoms with van der Waals surface area (Å²) in [5.74, 6) is -1.56. The fraction of sp³-hybridized carbons (Fsp3) is 0.756. The molecule has 0 aromatic heterocycles. The molecule has 0 amide bonds. The number of fused-ring (bicyclic) bond motifs is 3. The van der Waals surface area contributed by atoms with Crippen LogP contribution in [0, 0.1) is 23.2 Å². The second kappa shape index (κ2) is 15.7. The second-order valence-electron chi connectivity index (χ2n) is 19.4. The Morgan fingerprint density at radius 2 is 1.76 bits per heavy atom.